The molecule has 92 valence electrons. The predicted molar refractivity (Wildman–Crippen MR) is 66.2 cm³/mol. The minimum Gasteiger partial charge on any atom is -0.481 e. The number of rotatable bonds is 4. The van der Waals surface area contributed by atoms with Gasteiger partial charge in [-0.05, 0) is 17.7 Å². The second-order valence-electron chi connectivity index (χ2n) is 3.63. The van der Waals surface area contributed by atoms with Crippen molar-refractivity contribution < 1.29 is 9.53 Å². The Balaban J connectivity index is 1.93. The van der Waals surface area contributed by atoms with E-state index < -0.39 is 0 Å². The molecule has 2 aromatic rings. The van der Waals surface area contributed by atoms with Crippen LogP contribution in [-0.4, -0.2) is 23.0 Å². The third-order valence-electron chi connectivity index (χ3n) is 2.38. The van der Waals surface area contributed by atoms with Gasteiger partial charge in [0.25, 0.3) is 5.91 Å². The summed E-state index contributed by atoms with van der Waals surface area (Å²) in [4.78, 5) is 19.7. The highest BCUT2D eigenvalue weighted by molar-refractivity contribution is 5.93. The molecule has 2 rings (SSSR count). The standard InChI is InChI=1S/C13H13N3O2/c1-18-12-5-4-10(7-15-12)8-16-13(17)11-3-2-6-14-9-11/h2-7,9H,8H2,1H3,(H,16,17). The largest absolute Gasteiger partial charge is 0.481 e. The van der Waals surface area contributed by atoms with Crippen LogP contribution in [0.15, 0.2) is 42.9 Å². The summed E-state index contributed by atoms with van der Waals surface area (Å²) in [5.41, 5.74) is 1.45. The SMILES string of the molecule is COc1ccc(CNC(=O)c2cccnc2)cn1. The van der Waals surface area contributed by atoms with Crippen molar-refractivity contribution in [2.24, 2.45) is 0 Å². The molecule has 0 unspecified atom stereocenters. The van der Waals surface area contributed by atoms with Gasteiger partial charge in [0.2, 0.25) is 5.88 Å². The van der Waals surface area contributed by atoms with Crippen molar-refractivity contribution in [3.05, 3.63) is 54.0 Å². The summed E-state index contributed by atoms with van der Waals surface area (Å²) in [5.74, 6) is 0.399. The van der Waals surface area contributed by atoms with E-state index in [9.17, 15) is 4.79 Å². The molecule has 0 fully saturated rings. The zero-order chi connectivity index (χ0) is 12.8. The van der Waals surface area contributed by atoms with Crippen LogP contribution >= 0.6 is 0 Å². The summed E-state index contributed by atoms with van der Waals surface area (Å²) in [6.07, 6.45) is 4.83. The lowest BCUT2D eigenvalue weighted by molar-refractivity contribution is 0.0950. The van der Waals surface area contributed by atoms with Crippen LogP contribution in [0.3, 0.4) is 0 Å². The molecule has 2 aromatic heterocycles. The molecule has 0 aromatic carbocycles. The fourth-order valence-electron chi connectivity index (χ4n) is 1.42. The van der Waals surface area contributed by atoms with E-state index in [-0.39, 0.29) is 5.91 Å². The van der Waals surface area contributed by atoms with Gasteiger partial charge >= 0.3 is 0 Å². The van der Waals surface area contributed by atoms with Gasteiger partial charge < -0.3 is 10.1 Å². The number of nitrogens with zero attached hydrogens (tertiary/aromatic N) is 2. The lowest BCUT2D eigenvalue weighted by atomic mass is 10.2. The van der Waals surface area contributed by atoms with Gasteiger partial charge in [0.15, 0.2) is 0 Å². The second-order valence-corrected chi connectivity index (χ2v) is 3.63. The van der Waals surface area contributed by atoms with Gasteiger partial charge in [-0.3, -0.25) is 9.78 Å². The normalized spacial score (nSPS) is 9.83. The number of hydrogen-bond acceptors (Lipinski definition) is 4. The fourth-order valence-corrected chi connectivity index (χ4v) is 1.42. The third-order valence-corrected chi connectivity index (χ3v) is 2.38. The Morgan fingerprint density at radius 2 is 2.22 bits per heavy atom. The number of pyridine rings is 2. The lowest BCUT2D eigenvalue weighted by Gasteiger charge is -2.05. The van der Waals surface area contributed by atoms with Crippen LogP contribution in [0.1, 0.15) is 15.9 Å². The van der Waals surface area contributed by atoms with Gasteiger partial charge in [-0.25, -0.2) is 4.98 Å². The van der Waals surface area contributed by atoms with Crippen LogP contribution in [0.25, 0.3) is 0 Å². The Kier molecular flexibility index (Phi) is 3.86. The van der Waals surface area contributed by atoms with Gasteiger partial charge in [-0.15, -0.1) is 0 Å². The topological polar surface area (TPSA) is 64.1 Å². The summed E-state index contributed by atoms with van der Waals surface area (Å²) in [6.45, 7) is 0.421. The maximum Gasteiger partial charge on any atom is 0.253 e. The molecule has 5 heteroatoms. The molecule has 0 bridgehead atoms. The Morgan fingerprint density at radius 3 is 2.83 bits per heavy atom. The van der Waals surface area contributed by atoms with Crippen LogP contribution in [0.4, 0.5) is 0 Å². The van der Waals surface area contributed by atoms with Crippen LogP contribution < -0.4 is 10.1 Å². The molecule has 0 spiro atoms. The molecule has 1 N–H and O–H groups in total. The highest BCUT2D eigenvalue weighted by atomic mass is 16.5. The number of hydrogen-bond donors (Lipinski definition) is 1. The van der Waals surface area contributed by atoms with E-state index in [1.54, 1.807) is 37.7 Å². The van der Waals surface area contributed by atoms with Gasteiger partial charge in [0, 0.05) is 31.2 Å². The average molecular weight is 243 g/mol. The maximum atomic E-state index is 11.7. The molecule has 0 aliphatic heterocycles. The number of carbonyl (C=O) groups excluding carboxylic acids is 1. The van der Waals surface area contributed by atoms with Crippen molar-refractivity contribution in [3.8, 4) is 5.88 Å². The Labute approximate surface area is 105 Å². The summed E-state index contributed by atoms with van der Waals surface area (Å²) in [5, 5.41) is 2.79. The quantitative estimate of drug-likeness (QED) is 0.882. The van der Waals surface area contributed by atoms with E-state index in [4.69, 9.17) is 4.74 Å². The highest BCUT2D eigenvalue weighted by Gasteiger charge is 2.04. The minimum atomic E-state index is -0.154. The van der Waals surface area contributed by atoms with Crippen molar-refractivity contribution in [1.29, 1.82) is 0 Å². The van der Waals surface area contributed by atoms with Crippen molar-refractivity contribution >= 4 is 5.91 Å². The first kappa shape index (κ1) is 12.0. The Morgan fingerprint density at radius 1 is 1.33 bits per heavy atom. The molecule has 18 heavy (non-hydrogen) atoms. The summed E-state index contributed by atoms with van der Waals surface area (Å²) < 4.78 is 4.96. The molecule has 0 saturated heterocycles. The average Bonchev–Trinajstić information content (AvgIpc) is 2.46. The molecule has 0 aliphatic rings. The number of nitrogens with one attached hydrogen (secondary N) is 1. The van der Waals surface area contributed by atoms with Crippen molar-refractivity contribution in [2.75, 3.05) is 7.11 Å². The fraction of sp³-hybridized carbons (Fsp3) is 0.154. The first-order valence-electron chi connectivity index (χ1n) is 5.47. The van der Waals surface area contributed by atoms with Crippen LogP contribution in [-0.2, 0) is 6.54 Å². The first-order valence-corrected chi connectivity index (χ1v) is 5.47. The predicted octanol–water partition coefficient (Wildman–Crippen LogP) is 1.42. The van der Waals surface area contributed by atoms with Crippen molar-refractivity contribution in [3.63, 3.8) is 0 Å². The number of aromatic nitrogens is 2. The van der Waals surface area contributed by atoms with E-state index in [1.165, 1.54) is 6.20 Å². The smallest absolute Gasteiger partial charge is 0.253 e. The number of methoxy groups -OCH3 is 1. The molecule has 0 saturated carbocycles. The number of amides is 1. The van der Waals surface area contributed by atoms with E-state index in [0.717, 1.165) is 5.56 Å². The molecule has 5 nitrogen and oxygen atoms in total. The zero-order valence-electron chi connectivity index (χ0n) is 9.96. The molecule has 1 amide bonds. The molecular weight excluding hydrogens is 230 g/mol. The van der Waals surface area contributed by atoms with Gasteiger partial charge in [-0.2, -0.15) is 0 Å². The van der Waals surface area contributed by atoms with E-state index in [1.807, 2.05) is 6.07 Å². The maximum absolute atomic E-state index is 11.7. The molecule has 0 aliphatic carbocycles. The van der Waals surface area contributed by atoms with E-state index >= 15 is 0 Å². The first-order chi connectivity index (χ1) is 8.79. The van der Waals surface area contributed by atoms with E-state index in [0.29, 0.717) is 18.0 Å². The summed E-state index contributed by atoms with van der Waals surface area (Å²) in [7, 11) is 1.56. The summed E-state index contributed by atoms with van der Waals surface area (Å²) in [6, 6.07) is 7.05. The van der Waals surface area contributed by atoms with E-state index in [2.05, 4.69) is 15.3 Å². The van der Waals surface area contributed by atoms with Crippen molar-refractivity contribution in [1.82, 2.24) is 15.3 Å². The molecular formula is C13H13N3O2. The number of carbonyl (C=O) groups is 1. The monoisotopic (exact) mass is 243 g/mol. The molecule has 2 heterocycles. The van der Waals surface area contributed by atoms with Crippen LogP contribution in [0, 0.1) is 0 Å². The Hall–Kier alpha value is -2.43. The van der Waals surface area contributed by atoms with Crippen LogP contribution in [0.2, 0.25) is 0 Å². The molecule has 0 atom stereocenters. The van der Waals surface area contributed by atoms with Gasteiger partial charge in [-0.1, -0.05) is 6.07 Å². The van der Waals surface area contributed by atoms with Crippen LogP contribution in [0.5, 0.6) is 5.88 Å². The van der Waals surface area contributed by atoms with Crippen molar-refractivity contribution in [2.45, 2.75) is 6.54 Å². The highest BCUT2D eigenvalue weighted by Crippen LogP contribution is 2.06. The summed E-state index contributed by atoms with van der Waals surface area (Å²) >= 11 is 0. The van der Waals surface area contributed by atoms with Gasteiger partial charge in [0.05, 0.1) is 12.7 Å². The Bertz CT molecular complexity index is 512. The second kappa shape index (κ2) is 5.77. The van der Waals surface area contributed by atoms with Gasteiger partial charge in [0.1, 0.15) is 0 Å². The lowest BCUT2D eigenvalue weighted by Crippen LogP contribution is -2.22. The third kappa shape index (κ3) is 3.04. The number of ether oxygens (including phenoxy) is 1. The minimum absolute atomic E-state index is 0.154. The zero-order valence-corrected chi connectivity index (χ0v) is 9.96. The molecule has 0 radical (unpaired) electrons.